The van der Waals surface area contributed by atoms with Crippen LogP contribution >= 0.6 is 11.3 Å². The van der Waals surface area contributed by atoms with Crippen molar-refractivity contribution in [2.75, 3.05) is 7.11 Å². The first-order valence-electron chi connectivity index (χ1n) is 8.90. The van der Waals surface area contributed by atoms with E-state index in [-0.39, 0.29) is 18.6 Å². The number of methoxy groups -OCH3 is 1. The quantitative estimate of drug-likeness (QED) is 0.615. The maximum Gasteiger partial charge on any atom is 0.325 e. The van der Waals surface area contributed by atoms with E-state index >= 15 is 0 Å². The van der Waals surface area contributed by atoms with Crippen LogP contribution in [0.3, 0.4) is 0 Å². The van der Waals surface area contributed by atoms with Crippen LogP contribution < -0.4 is 9.54 Å². The number of esters is 1. The van der Waals surface area contributed by atoms with Crippen LogP contribution in [0.1, 0.15) is 29.8 Å². The summed E-state index contributed by atoms with van der Waals surface area (Å²) in [5.74, 6) is -0.0734. The Kier molecular flexibility index (Phi) is 5.94. The first-order chi connectivity index (χ1) is 13.4. The number of amides is 1. The molecule has 3 rings (SSSR count). The van der Waals surface area contributed by atoms with Gasteiger partial charge in [0.2, 0.25) is 0 Å². The van der Waals surface area contributed by atoms with E-state index in [0.717, 1.165) is 15.8 Å². The van der Waals surface area contributed by atoms with Gasteiger partial charge in [0.05, 0.1) is 23.4 Å². The lowest BCUT2D eigenvalue weighted by molar-refractivity contribution is -0.141. The minimum atomic E-state index is -0.396. The summed E-state index contributed by atoms with van der Waals surface area (Å²) in [5, 5.41) is 0. The van der Waals surface area contributed by atoms with Crippen LogP contribution in [0.15, 0.2) is 47.5 Å². The zero-order valence-electron chi connectivity index (χ0n) is 16.3. The van der Waals surface area contributed by atoms with E-state index < -0.39 is 5.97 Å². The number of nitrogens with zero attached hydrogens (tertiary/aromatic N) is 2. The highest BCUT2D eigenvalue weighted by molar-refractivity contribution is 7.16. The summed E-state index contributed by atoms with van der Waals surface area (Å²) in [6.07, 6.45) is 0.0605. The number of benzene rings is 2. The zero-order valence-corrected chi connectivity index (χ0v) is 17.1. The largest absolute Gasteiger partial charge is 0.491 e. The molecule has 1 aromatic heterocycles. The molecule has 0 spiro atoms. The van der Waals surface area contributed by atoms with Crippen molar-refractivity contribution < 1.29 is 19.1 Å². The lowest BCUT2D eigenvalue weighted by Crippen LogP contribution is -2.22. The van der Waals surface area contributed by atoms with Gasteiger partial charge in [-0.2, -0.15) is 4.99 Å². The van der Waals surface area contributed by atoms with Crippen LogP contribution in [0.25, 0.3) is 10.2 Å². The van der Waals surface area contributed by atoms with Gasteiger partial charge in [-0.1, -0.05) is 23.5 Å². The Balaban J connectivity index is 2.03. The Morgan fingerprint density at radius 3 is 2.50 bits per heavy atom. The molecule has 0 N–H and O–H groups in total. The van der Waals surface area contributed by atoms with E-state index in [1.807, 2.05) is 39.0 Å². The number of ether oxygens (including phenoxy) is 2. The van der Waals surface area contributed by atoms with E-state index in [1.54, 1.807) is 28.8 Å². The minimum absolute atomic E-state index is 0.00532. The highest BCUT2D eigenvalue weighted by Crippen LogP contribution is 2.21. The molecule has 2 aromatic carbocycles. The highest BCUT2D eigenvalue weighted by Gasteiger charge is 2.14. The molecule has 0 fully saturated rings. The van der Waals surface area contributed by atoms with Crippen LogP contribution in [0.2, 0.25) is 0 Å². The number of fused-ring (bicyclic) bond motifs is 1. The summed E-state index contributed by atoms with van der Waals surface area (Å²) >= 11 is 1.37. The zero-order chi connectivity index (χ0) is 20.3. The Labute approximate surface area is 167 Å². The van der Waals surface area contributed by atoms with Crippen LogP contribution in [-0.2, 0) is 16.1 Å². The molecule has 6 nitrogen and oxygen atoms in total. The molecule has 7 heteroatoms. The topological polar surface area (TPSA) is 69.9 Å². The van der Waals surface area contributed by atoms with Gasteiger partial charge in [-0.3, -0.25) is 9.59 Å². The second-order valence-corrected chi connectivity index (χ2v) is 7.59. The van der Waals surface area contributed by atoms with Crippen molar-refractivity contribution in [3.05, 3.63) is 58.4 Å². The molecule has 0 bridgehead atoms. The predicted molar refractivity (Wildman–Crippen MR) is 109 cm³/mol. The van der Waals surface area contributed by atoms with E-state index in [0.29, 0.717) is 16.1 Å². The minimum Gasteiger partial charge on any atom is -0.491 e. The molecular formula is C21H22N2O4S. The molecule has 0 radical (unpaired) electrons. The molecule has 146 valence electrons. The Hall–Kier alpha value is -2.93. The fourth-order valence-corrected chi connectivity index (χ4v) is 3.94. The third kappa shape index (κ3) is 4.31. The van der Waals surface area contributed by atoms with Crippen molar-refractivity contribution in [1.29, 1.82) is 0 Å². The van der Waals surface area contributed by atoms with Gasteiger partial charge in [-0.25, -0.2) is 0 Å². The van der Waals surface area contributed by atoms with Gasteiger partial charge in [0.15, 0.2) is 4.80 Å². The number of hydrogen-bond donors (Lipinski definition) is 0. The van der Waals surface area contributed by atoms with Crippen molar-refractivity contribution in [3.63, 3.8) is 0 Å². The second-order valence-electron chi connectivity index (χ2n) is 6.58. The summed E-state index contributed by atoms with van der Waals surface area (Å²) in [4.78, 5) is 29.3. The van der Waals surface area contributed by atoms with Crippen molar-refractivity contribution >= 4 is 33.4 Å². The molecule has 1 heterocycles. The molecule has 0 aliphatic carbocycles. The average Bonchev–Trinajstić information content (AvgIpc) is 3.00. The summed E-state index contributed by atoms with van der Waals surface area (Å²) in [5.41, 5.74) is 2.33. The number of aryl methyl sites for hydroxylation is 1. The number of para-hydroxylation sites is 1. The molecule has 0 unspecified atom stereocenters. The average molecular weight is 398 g/mol. The Morgan fingerprint density at radius 2 is 1.86 bits per heavy atom. The fourth-order valence-electron chi connectivity index (χ4n) is 2.83. The molecule has 3 aromatic rings. The standard InChI is InChI=1S/C21H22N2O4S/c1-13(2)27-16-10-8-15(9-11-16)20(25)22-21-23(12-18(24)26-4)19-14(3)6-5-7-17(19)28-21/h5-11,13H,12H2,1-4H3. The number of rotatable bonds is 5. The van der Waals surface area contributed by atoms with Gasteiger partial charge >= 0.3 is 5.97 Å². The lowest BCUT2D eigenvalue weighted by atomic mass is 10.2. The normalized spacial score (nSPS) is 11.8. The highest BCUT2D eigenvalue weighted by atomic mass is 32.1. The maximum atomic E-state index is 12.7. The van der Waals surface area contributed by atoms with Gasteiger partial charge in [0, 0.05) is 5.56 Å². The van der Waals surface area contributed by atoms with Crippen LogP contribution in [0.5, 0.6) is 5.75 Å². The molecule has 0 saturated carbocycles. The molecule has 0 aliphatic heterocycles. The molecule has 0 aliphatic rings. The first-order valence-corrected chi connectivity index (χ1v) is 9.72. The van der Waals surface area contributed by atoms with E-state index in [1.165, 1.54) is 18.4 Å². The van der Waals surface area contributed by atoms with E-state index in [2.05, 4.69) is 4.99 Å². The van der Waals surface area contributed by atoms with Crippen molar-refractivity contribution in [3.8, 4) is 5.75 Å². The summed E-state index contributed by atoms with van der Waals surface area (Å²) in [6, 6.07) is 12.7. The number of carbonyl (C=O) groups is 2. The van der Waals surface area contributed by atoms with E-state index in [4.69, 9.17) is 9.47 Å². The number of hydrogen-bond acceptors (Lipinski definition) is 5. The second kappa shape index (κ2) is 8.39. The van der Waals surface area contributed by atoms with Crippen molar-refractivity contribution in [1.82, 2.24) is 4.57 Å². The summed E-state index contributed by atoms with van der Waals surface area (Å²) in [6.45, 7) is 5.84. The van der Waals surface area contributed by atoms with Gasteiger partial charge < -0.3 is 14.0 Å². The van der Waals surface area contributed by atoms with Gasteiger partial charge in [0.25, 0.3) is 5.91 Å². The number of aromatic nitrogens is 1. The molecule has 1 amide bonds. The third-order valence-corrected chi connectivity index (χ3v) is 5.13. The fraction of sp³-hybridized carbons (Fsp3) is 0.286. The Morgan fingerprint density at radius 1 is 1.14 bits per heavy atom. The van der Waals surface area contributed by atoms with Crippen LogP contribution in [0.4, 0.5) is 0 Å². The number of thiazole rings is 1. The molecule has 0 atom stereocenters. The predicted octanol–water partition coefficient (Wildman–Crippen LogP) is 3.71. The third-order valence-electron chi connectivity index (χ3n) is 4.09. The smallest absolute Gasteiger partial charge is 0.325 e. The Bertz CT molecular complexity index is 1080. The maximum absolute atomic E-state index is 12.7. The molecule has 28 heavy (non-hydrogen) atoms. The SMILES string of the molecule is COC(=O)Cn1c(=NC(=O)c2ccc(OC(C)C)cc2)sc2cccc(C)c21. The van der Waals surface area contributed by atoms with Crippen molar-refractivity contribution in [2.24, 2.45) is 4.99 Å². The first kappa shape index (κ1) is 19.8. The van der Waals surface area contributed by atoms with Crippen molar-refractivity contribution in [2.45, 2.75) is 33.4 Å². The van der Waals surface area contributed by atoms with E-state index in [9.17, 15) is 9.59 Å². The van der Waals surface area contributed by atoms with Gasteiger partial charge in [-0.15, -0.1) is 0 Å². The molecular weight excluding hydrogens is 376 g/mol. The molecule has 0 saturated heterocycles. The number of carbonyl (C=O) groups excluding carboxylic acids is 2. The van der Waals surface area contributed by atoms with Gasteiger partial charge in [0.1, 0.15) is 12.3 Å². The summed E-state index contributed by atoms with van der Waals surface area (Å²) < 4.78 is 13.1. The van der Waals surface area contributed by atoms with Crippen LogP contribution in [-0.4, -0.2) is 29.7 Å². The van der Waals surface area contributed by atoms with Crippen LogP contribution in [0, 0.1) is 6.92 Å². The lowest BCUT2D eigenvalue weighted by Gasteiger charge is -2.09. The monoisotopic (exact) mass is 398 g/mol. The summed E-state index contributed by atoms with van der Waals surface area (Å²) in [7, 11) is 1.34. The van der Waals surface area contributed by atoms with Gasteiger partial charge in [-0.05, 0) is 56.7 Å².